The van der Waals surface area contributed by atoms with Gasteiger partial charge in [0.2, 0.25) is 5.91 Å². The van der Waals surface area contributed by atoms with Crippen LogP contribution in [0.1, 0.15) is 19.3 Å². The van der Waals surface area contributed by atoms with Crippen molar-refractivity contribution in [1.29, 1.82) is 0 Å². The van der Waals surface area contributed by atoms with Gasteiger partial charge in [-0.05, 0) is 50.0 Å². The Kier molecular flexibility index (Phi) is 6.11. The van der Waals surface area contributed by atoms with Crippen LogP contribution in [0.3, 0.4) is 0 Å². The minimum absolute atomic E-state index is 0.297. The molecule has 7 heteroatoms. The van der Waals surface area contributed by atoms with Crippen LogP contribution in [-0.2, 0) is 4.79 Å². The Labute approximate surface area is 103 Å². The van der Waals surface area contributed by atoms with E-state index < -0.39 is 17.2 Å². The highest BCUT2D eigenvalue weighted by atomic mass is 32.2. The van der Waals surface area contributed by atoms with E-state index in [0.29, 0.717) is 12.5 Å². The van der Waals surface area contributed by atoms with Crippen molar-refractivity contribution < 1.29 is 18.0 Å². The predicted octanol–water partition coefficient (Wildman–Crippen LogP) is 1.75. The van der Waals surface area contributed by atoms with E-state index in [2.05, 4.69) is 10.6 Å². The van der Waals surface area contributed by atoms with Crippen molar-refractivity contribution in [3.05, 3.63) is 0 Å². The smallest absolute Gasteiger partial charge is 0.355 e. The molecule has 0 aliphatic carbocycles. The highest BCUT2D eigenvalue weighted by Gasteiger charge is 2.29. The lowest BCUT2D eigenvalue weighted by molar-refractivity contribution is -0.118. The summed E-state index contributed by atoms with van der Waals surface area (Å²) in [5.74, 6) is -0.567. The minimum Gasteiger partial charge on any atom is -0.355 e. The zero-order chi connectivity index (χ0) is 12.7. The van der Waals surface area contributed by atoms with Gasteiger partial charge >= 0.3 is 5.51 Å². The number of alkyl halides is 3. The zero-order valence-electron chi connectivity index (χ0n) is 9.48. The maximum absolute atomic E-state index is 11.8. The van der Waals surface area contributed by atoms with E-state index >= 15 is 0 Å². The van der Waals surface area contributed by atoms with E-state index in [4.69, 9.17) is 0 Å². The summed E-state index contributed by atoms with van der Waals surface area (Å²) in [5, 5.41) is 5.77. The third-order valence-corrected chi connectivity index (χ3v) is 3.37. The molecular formula is C10H17F3N2OS. The maximum Gasteiger partial charge on any atom is 0.442 e. The van der Waals surface area contributed by atoms with Gasteiger partial charge < -0.3 is 10.6 Å². The molecule has 0 aromatic rings. The second-order valence-electron chi connectivity index (χ2n) is 4.09. The number of halogens is 3. The van der Waals surface area contributed by atoms with Crippen molar-refractivity contribution in [3.8, 4) is 0 Å². The first-order chi connectivity index (χ1) is 7.97. The topological polar surface area (TPSA) is 41.1 Å². The predicted molar refractivity (Wildman–Crippen MR) is 61.7 cm³/mol. The molecule has 1 aliphatic rings. The lowest BCUT2D eigenvalue weighted by atomic mass is 9.96. The number of nitrogens with one attached hydrogen (secondary N) is 2. The lowest BCUT2D eigenvalue weighted by Crippen LogP contribution is -2.33. The monoisotopic (exact) mass is 270 g/mol. The van der Waals surface area contributed by atoms with Crippen LogP contribution >= 0.6 is 11.8 Å². The molecule has 0 bridgehead atoms. The minimum atomic E-state index is -4.33. The summed E-state index contributed by atoms with van der Waals surface area (Å²) >= 11 is -0.297. The Balaban J connectivity index is 2.03. The van der Waals surface area contributed by atoms with Crippen LogP contribution in [0.2, 0.25) is 0 Å². The fourth-order valence-electron chi connectivity index (χ4n) is 1.78. The van der Waals surface area contributed by atoms with Gasteiger partial charge in [0.25, 0.3) is 0 Å². The molecule has 1 heterocycles. The molecule has 1 rings (SSSR count). The summed E-state index contributed by atoms with van der Waals surface area (Å²) in [5.41, 5.74) is -4.33. The highest BCUT2D eigenvalue weighted by molar-refractivity contribution is 8.00. The summed E-state index contributed by atoms with van der Waals surface area (Å²) in [7, 11) is 0. The van der Waals surface area contributed by atoms with Gasteiger partial charge in [-0.25, -0.2) is 0 Å². The Hall–Kier alpha value is -0.430. The van der Waals surface area contributed by atoms with Crippen LogP contribution in [0.25, 0.3) is 0 Å². The maximum atomic E-state index is 11.8. The van der Waals surface area contributed by atoms with Gasteiger partial charge in [-0.2, -0.15) is 13.2 Å². The second kappa shape index (κ2) is 7.10. The first-order valence-corrected chi connectivity index (χ1v) is 6.64. The fourth-order valence-corrected chi connectivity index (χ4v) is 2.18. The SMILES string of the molecule is O=C(CSC(F)(F)F)NCCC1CCCNC1. The van der Waals surface area contributed by atoms with Crippen molar-refractivity contribution >= 4 is 17.7 Å². The molecule has 3 nitrogen and oxygen atoms in total. The number of carbonyl (C=O) groups excluding carboxylic acids is 1. The molecule has 17 heavy (non-hydrogen) atoms. The Bertz CT molecular complexity index is 242. The molecule has 1 atom stereocenters. The second-order valence-corrected chi connectivity index (χ2v) is 5.13. The third-order valence-electron chi connectivity index (χ3n) is 2.64. The van der Waals surface area contributed by atoms with Crippen molar-refractivity contribution in [2.24, 2.45) is 5.92 Å². The Morgan fingerprint density at radius 1 is 1.47 bits per heavy atom. The van der Waals surface area contributed by atoms with E-state index in [1.54, 1.807) is 0 Å². The molecular weight excluding hydrogens is 253 g/mol. The normalized spacial score (nSPS) is 21.2. The van der Waals surface area contributed by atoms with Crippen molar-refractivity contribution in [3.63, 3.8) is 0 Å². The molecule has 1 aliphatic heterocycles. The van der Waals surface area contributed by atoms with Crippen LogP contribution in [0.4, 0.5) is 13.2 Å². The quantitative estimate of drug-likeness (QED) is 0.799. The highest BCUT2D eigenvalue weighted by Crippen LogP contribution is 2.29. The molecule has 1 saturated heterocycles. The summed E-state index contributed by atoms with van der Waals surface area (Å²) in [4.78, 5) is 11.1. The lowest BCUT2D eigenvalue weighted by Gasteiger charge is -2.22. The van der Waals surface area contributed by atoms with Gasteiger partial charge in [0.15, 0.2) is 0 Å². The number of hydrogen-bond acceptors (Lipinski definition) is 3. The van der Waals surface area contributed by atoms with E-state index in [9.17, 15) is 18.0 Å². The largest absolute Gasteiger partial charge is 0.442 e. The van der Waals surface area contributed by atoms with Gasteiger partial charge in [-0.3, -0.25) is 4.79 Å². The zero-order valence-corrected chi connectivity index (χ0v) is 10.3. The molecule has 0 aromatic carbocycles. The molecule has 0 spiro atoms. The summed E-state index contributed by atoms with van der Waals surface area (Å²) in [6, 6.07) is 0. The van der Waals surface area contributed by atoms with Gasteiger partial charge in [0.05, 0.1) is 5.75 Å². The van der Waals surface area contributed by atoms with Crippen LogP contribution < -0.4 is 10.6 Å². The number of thioether (sulfide) groups is 1. The van der Waals surface area contributed by atoms with Gasteiger partial charge in [-0.1, -0.05) is 0 Å². The average Bonchev–Trinajstić information content (AvgIpc) is 2.27. The molecule has 0 saturated carbocycles. The molecule has 0 radical (unpaired) electrons. The van der Waals surface area contributed by atoms with Crippen LogP contribution in [-0.4, -0.2) is 36.8 Å². The molecule has 1 unspecified atom stereocenters. The Morgan fingerprint density at radius 2 is 2.24 bits per heavy atom. The molecule has 0 aromatic heterocycles. The third kappa shape index (κ3) is 7.49. The number of amides is 1. The summed E-state index contributed by atoms with van der Waals surface area (Å²) < 4.78 is 35.4. The molecule has 1 amide bonds. The van der Waals surface area contributed by atoms with Gasteiger partial charge in [-0.15, -0.1) is 0 Å². The number of rotatable bonds is 5. The first-order valence-electron chi connectivity index (χ1n) is 5.65. The summed E-state index contributed by atoms with van der Waals surface area (Å²) in [6.07, 6.45) is 3.08. The average molecular weight is 270 g/mol. The fraction of sp³-hybridized carbons (Fsp3) is 0.900. The van der Waals surface area contributed by atoms with Crippen LogP contribution in [0.5, 0.6) is 0 Å². The van der Waals surface area contributed by atoms with E-state index in [1.165, 1.54) is 0 Å². The van der Waals surface area contributed by atoms with E-state index in [0.717, 1.165) is 32.4 Å². The number of piperidine rings is 1. The standard InChI is InChI=1S/C10H17F3N2OS/c11-10(12,13)17-7-9(16)15-5-3-8-2-1-4-14-6-8/h8,14H,1-7H2,(H,15,16). The van der Waals surface area contributed by atoms with Crippen molar-refractivity contribution in [2.75, 3.05) is 25.4 Å². The number of hydrogen-bond donors (Lipinski definition) is 2. The van der Waals surface area contributed by atoms with E-state index in [1.807, 2.05) is 0 Å². The van der Waals surface area contributed by atoms with Gasteiger partial charge in [0.1, 0.15) is 0 Å². The van der Waals surface area contributed by atoms with E-state index in [-0.39, 0.29) is 11.8 Å². The van der Waals surface area contributed by atoms with Crippen LogP contribution in [0.15, 0.2) is 0 Å². The number of carbonyl (C=O) groups is 1. The van der Waals surface area contributed by atoms with Crippen LogP contribution in [0, 0.1) is 5.92 Å². The summed E-state index contributed by atoms with van der Waals surface area (Å²) in [6.45, 7) is 2.43. The molecule has 1 fully saturated rings. The van der Waals surface area contributed by atoms with Gasteiger partial charge in [0, 0.05) is 6.54 Å². The first kappa shape index (κ1) is 14.6. The molecule has 2 N–H and O–H groups in total. The Morgan fingerprint density at radius 3 is 2.82 bits per heavy atom. The van der Waals surface area contributed by atoms with Crippen molar-refractivity contribution in [1.82, 2.24) is 10.6 Å². The van der Waals surface area contributed by atoms with Crippen molar-refractivity contribution in [2.45, 2.75) is 24.8 Å². The molecule has 100 valence electrons.